The molecule has 0 spiro atoms. The van der Waals surface area contributed by atoms with Crippen molar-refractivity contribution in [3.63, 3.8) is 0 Å². The molecule has 18 heteroatoms. The van der Waals surface area contributed by atoms with Gasteiger partial charge < -0.3 is 42.5 Å². The molecule has 0 saturated heterocycles. The summed E-state index contributed by atoms with van der Waals surface area (Å²) in [5.41, 5.74) is 16.9. The fourth-order valence-electron chi connectivity index (χ4n) is 12.1. The second-order valence-corrected chi connectivity index (χ2v) is 24.4. The highest BCUT2D eigenvalue weighted by Crippen LogP contribution is 2.35. The largest absolute Gasteiger partial charge is 0.361 e. The monoisotopic (exact) mass is 1350 g/mol. The predicted molar refractivity (Wildman–Crippen MR) is 394 cm³/mol. The fraction of sp³-hybridized carbons (Fsp3) is 0.0602. The Labute approximate surface area is 586 Å². The van der Waals surface area contributed by atoms with E-state index < -0.39 is 11.1 Å². The maximum Gasteiger partial charge on any atom is 0.270 e. The van der Waals surface area contributed by atoms with Crippen molar-refractivity contribution in [2.24, 2.45) is 0 Å². The van der Waals surface area contributed by atoms with Crippen molar-refractivity contribution in [1.82, 2.24) is 21.3 Å². The van der Waals surface area contributed by atoms with E-state index in [4.69, 9.17) is 11.6 Å². The zero-order valence-electron chi connectivity index (χ0n) is 54.2. The second kappa shape index (κ2) is 30.0. The third-order valence-electron chi connectivity index (χ3n) is 17.5. The number of ketones is 2. The Hall–Kier alpha value is -13.3. The second-order valence-electron chi connectivity index (χ2n) is 24.0. The van der Waals surface area contributed by atoms with E-state index >= 15 is 0 Å². The minimum Gasteiger partial charge on any atom is -0.361 e. The van der Waals surface area contributed by atoms with Gasteiger partial charge in [-0.3, -0.25) is 38.9 Å². The van der Waals surface area contributed by atoms with Crippen molar-refractivity contribution < 1.29 is 33.7 Å². The summed E-state index contributed by atoms with van der Waals surface area (Å²) >= 11 is 6.37. The van der Waals surface area contributed by atoms with Crippen molar-refractivity contribution in [3.8, 4) is 22.3 Å². The molecular formula is C83H64ClN9O8. The van der Waals surface area contributed by atoms with E-state index in [0.29, 0.717) is 49.7 Å². The van der Waals surface area contributed by atoms with Gasteiger partial charge in [-0.25, -0.2) is 0 Å². The maximum absolute atomic E-state index is 12.6. The molecule has 4 amide bonds. The zero-order valence-corrected chi connectivity index (χ0v) is 54.9. The number of hydrogen-bond donors (Lipinski definition) is 8. The van der Waals surface area contributed by atoms with Crippen LogP contribution in [0.15, 0.2) is 297 Å². The number of aryl methyl sites for hydroxylation is 1. The Balaban J connectivity index is 0.000000120. The van der Waals surface area contributed by atoms with Crippen LogP contribution in [-0.4, -0.2) is 40.1 Å². The summed E-state index contributed by atoms with van der Waals surface area (Å²) in [6, 6.07) is 91.8. The first-order valence-corrected chi connectivity index (χ1v) is 32.8. The van der Waals surface area contributed by atoms with Crippen molar-refractivity contribution in [2.75, 3.05) is 21.3 Å². The first-order valence-electron chi connectivity index (χ1n) is 32.4. The van der Waals surface area contributed by atoms with Gasteiger partial charge in [0.1, 0.15) is 24.7 Å². The van der Waals surface area contributed by atoms with Crippen molar-refractivity contribution >= 4 is 75.2 Å². The van der Waals surface area contributed by atoms with Gasteiger partial charge >= 0.3 is 0 Å². The first kappa shape index (κ1) is 66.4. The van der Waals surface area contributed by atoms with Gasteiger partial charge in [-0.2, -0.15) is 0 Å². The lowest BCUT2D eigenvalue weighted by molar-refractivity contribution is -0.384. The van der Waals surface area contributed by atoms with Crippen LogP contribution in [0.25, 0.3) is 22.3 Å². The van der Waals surface area contributed by atoms with E-state index in [9.17, 15) is 38.9 Å². The summed E-state index contributed by atoms with van der Waals surface area (Å²) in [6.07, 6.45) is -1.32. The van der Waals surface area contributed by atoms with E-state index in [0.717, 1.165) is 50.4 Å². The fourth-order valence-corrected chi connectivity index (χ4v) is 12.4. The molecule has 0 saturated carbocycles. The van der Waals surface area contributed by atoms with Gasteiger partial charge in [0.15, 0.2) is 11.6 Å². The third kappa shape index (κ3) is 15.2. The Bertz CT molecular complexity index is 5100. The van der Waals surface area contributed by atoms with Crippen LogP contribution < -0.4 is 42.5 Å². The van der Waals surface area contributed by atoms with Gasteiger partial charge in [0.2, 0.25) is 0 Å². The van der Waals surface area contributed by atoms with Crippen LogP contribution in [0.2, 0.25) is 5.02 Å². The highest BCUT2D eigenvalue weighted by molar-refractivity contribution is 6.35. The Morgan fingerprint density at radius 3 is 1.13 bits per heavy atom. The number of nitrogens with one attached hydrogen (secondary N) is 8. The molecular weight excluding hydrogens is 1290 g/mol. The standard InChI is InChI=1S/C21H15ClN2O2.C21H16N2O2.C21H18N2O.C20H15N3O3/c22-17-12-14(10-11-15(17)19(25)13-6-2-1-3-7-13)20-23-18-9-5-4-8-16(18)21(26)24-20;24-19(14-6-2-1-3-7-14)15-10-12-16(13-11-15)20-22-18-9-5-4-8-17(18)21(25)23-20;1-14-6-2-3-7-17(14)15-10-12-16(13-11-15)20-22-19-9-5-4-8-18(19)21(24)23-20;24-20-17-12-16(23(25)26)10-11-18(17)21-19(22-20)15-8-6-14(7-9-15)13-4-2-1-3-5-13/h1-12,20,23H,(H,24,26);1-13,20,22H,(H,23,25);2-13,20,22H,1H3,(H,23,24);1-12,19,21H,(H,22,24). The van der Waals surface area contributed by atoms with Crippen LogP contribution in [0.3, 0.4) is 0 Å². The summed E-state index contributed by atoms with van der Waals surface area (Å²) in [4.78, 5) is 84.5. The number of carbonyl (C=O) groups is 6. The predicted octanol–water partition coefficient (Wildman–Crippen LogP) is 16.8. The van der Waals surface area contributed by atoms with Crippen LogP contribution in [0.5, 0.6) is 0 Å². The van der Waals surface area contributed by atoms with Gasteiger partial charge in [-0.1, -0.05) is 242 Å². The zero-order chi connectivity index (χ0) is 69.9. The Kier molecular flexibility index (Phi) is 19.7. The summed E-state index contributed by atoms with van der Waals surface area (Å²) in [5, 5.41) is 36.1. The molecule has 0 aromatic heterocycles. The van der Waals surface area contributed by atoms with Gasteiger partial charge in [-0.05, 0) is 112 Å². The molecule has 4 atom stereocenters. The van der Waals surface area contributed by atoms with Crippen molar-refractivity contribution in [3.05, 3.63) is 385 Å². The minimum absolute atomic E-state index is 0.0156. The average Bonchev–Trinajstić information content (AvgIpc) is 0.808. The smallest absolute Gasteiger partial charge is 0.270 e. The van der Waals surface area contributed by atoms with E-state index in [-0.39, 0.29) is 64.9 Å². The normalized spacial score (nSPS) is 15.7. The number of non-ortho nitro benzene ring substituents is 1. The van der Waals surface area contributed by atoms with Crippen molar-refractivity contribution in [1.29, 1.82) is 0 Å². The number of nitro benzene ring substituents is 1. The Morgan fingerprint density at radius 1 is 0.327 bits per heavy atom. The quantitative estimate of drug-likeness (QED) is 0.0343. The number of nitro groups is 1. The average molecular weight is 1350 g/mol. The van der Waals surface area contributed by atoms with Crippen LogP contribution in [0, 0.1) is 17.0 Å². The number of hydrogen-bond acceptors (Lipinski definition) is 12. The van der Waals surface area contributed by atoms with Crippen LogP contribution in [0.1, 0.15) is 126 Å². The molecule has 4 unspecified atom stereocenters. The molecule has 0 radical (unpaired) electrons. The summed E-state index contributed by atoms with van der Waals surface area (Å²) in [7, 11) is 0. The number of carbonyl (C=O) groups excluding carboxylic acids is 6. The van der Waals surface area contributed by atoms with Crippen LogP contribution >= 0.6 is 11.6 Å². The lowest BCUT2D eigenvalue weighted by Crippen LogP contribution is -2.38. The molecule has 0 aliphatic carbocycles. The molecule has 12 aromatic carbocycles. The van der Waals surface area contributed by atoms with E-state index in [2.05, 4.69) is 91.9 Å². The molecule has 4 aliphatic heterocycles. The molecule has 12 aromatic rings. The van der Waals surface area contributed by atoms with Gasteiger partial charge in [0.05, 0.1) is 32.2 Å². The van der Waals surface area contributed by atoms with E-state index in [1.165, 1.54) is 28.8 Å². The number of nitrogens with zero attached hydrogens (tertiary/aromatic N) is 1. The topological polar surface area (TPSA) is 242 Å². The molecule has 17 nitrogen and oxygen atoms in total. The number of benzene rings is 12. The van der Waals surface area contributed by atoms with Gasteiger partial charge in [0, 0.05) is 57.1 Å². The lowest BCUT2D eigenvalue weighted by Gasteiger charge is -2.28. The lowest BCUT2D eigenvalue weighted by atomic mass is 9.98. The molecule has 4 heterocycles. The third-order valence-corrected chi connectivity index (χ3v) is 17.8. The number of amides is 4. The summed E-state index contributed by atoms with van der Waals surface area (Å²) in [5.74, 6) is -0.781. The minimum atomic E-state index is -0.512. The Morgan fingerprint density at radius 2 is 0.673 bits per heavy atom. The molecule has 101 heavy (non-hydrogen) atoms. The maximum atomic E-state index is 12.6. The number of rotatable bonds is 11. The van der Waals surface area contributed by atoms with Gasteiger partial charge in [-0.15, -0.1) is 0 Å². The van der Waals surface area contributed by atoms with Crippen LogP contribution in [-0.2, 0) is 0 Å². The van der Waals surface area contributed by atoms with Crippen LogP contribution in [0.4, 0.5) is 28.4 Å². The number of anilines is 4. The first-order chi connectivity index (χ1) is 49.2. The summed E-state index contributed by atoms with van der Waals surface area (Å²) in [6.45, 7) is 2.11. The molecule has 496 valence electrons. The number of para-hydroxylation sites is 3. The number of halogens is 1. The molecule has 0 bridgehead atoms. The molecule has 8 N–H and O–H groups in total. The SMILES string of the molecule is Cc1ccccc1-c1ccc(C2NC(=O)c3ccccc3N2)cc1.O=C(c1ccccc1)c1ccc(C2NC(=O)c3ccccc3N2)cc1.O=C(c1ccccc1)c1ccc(C2NC(=O)c3ccccc3N2)cc1Cl.O=C1NC(c2ccc(-c3ccccc3)cc2)Nc2ccc([N+](=O)[O-])cc21. The van der Waals surface area contributed by atoms with E-state index in [1.54, 1.807) is 72.8 Å². The summed E-state index contributed by atoms with van der Waals surface area (Å²) < 4.78 is 0. The molecule has 0 fully saturated rings. The molecule has 4 aliphatic rings. The highest BCUT2D eigenvalue weighted by Gasteiger charge is 2.30. The number of fused-ring (bicyclic) bond motifs is 4. The highest BCUT2D eigenvalue weighted by atomic mass is 35.5. The molecule has 16 rings (SSSR count). The van der Waals surface area contributed by atoms with E-state index in [1.807, 2.05) is 170 Å². The van der Waals surface area contributed by atoms with Gasteiger partial charge in [0.25, 0.3) is 29.3 Å². The van der Waals surface area contributed by atoms with Crippen molar-refractivity contribution in [2.45, 2.75) is 31.6 Å².